The number of nitro groups is 1. The lowest BCUT2D eigenvalue weighted by molar-refractivity contribution is -0.384. The number of hydrogen-bond donors (Lipinski definition) is 2. The molecule has 1 aliphatic rings. The number of benzene rings is 1. The third-order valence-electron chi connectivity index (χ3n) is 3.33. The summed E-state index contributed by atoms with van der Waals surface area (Å²) in [5, 5.41) is 10.8. The van der Waals surface area contributed by atoms with Gasteiger partial charge in [-0.1, -0.05) is 13.0 Å². The van der Waals surface area contributed by atoms with Crippen LogP contribution in [-0.4, -0.2) is 22.9 Å². The fourth-order valence-corrected chi connectivity index (χ4v) is 2.38. The standard InChI is InChI=1S/C12H18N4O2/c1-9-4-5-15(7-9)8-10-2-3-12(16(17)18)11(6-10)14-13/h2-3,6,9,14H,4-5,7-8,13H2,1H3. The molecule has 18 heavy (non-hydrogen) atoms. The molecule has 0 spiro atoms. The lowest BCUT2D eigenvalue weighted by atomic mass is 10.1. The number of nitrogens with one attached hydrogen (secondary N) is 1. The molecular formula is C12H18N4O2. The second-order valence-corrected chi connectivity index (χ2v) is 4.88. The Hall–Kier alpha value is -1.66. The molecule has 1 saturated heterocycles. The van der Waals surface area contributed by atoms with Gasteiger partial charge in [-0.25, -0.2) is 0 Å². The summed E-state index contributed by atoms with van der Waals surface area (Å²) in [5.74, 6) is 6.05. The Balaban J connectivity index is 2.12. The molecule has 98 valence electrons. The molecule has 1 aliphatic heterocycles. The van der Waals surface area contributed by atoms with Crippen LogP contribution in [-0.2, 0) is 6.54 Å². The number of hydrogen-bond acceptors (Lipinski definition) is 5. The van der Waals surface area contributed by atoms with E-state index >= 15 is 0 Å². The highest BCUT2D eigenvalue weighted by atomic mass is 16.6. The Morgan fingerprint density at radius 2 is 2.39 bits per heavy atom. The van der Waals surface area contributed by atoms with E-state index in [4.69, 9.17) is 5.84 Å². The van der Waals surface area contributed by atoms with Gasteiger partial charge in [0.15, 0.2) is 0 Å². The van der Waals surface area contributed by atoms with E-state index in [9.17, 15) is 10.1 Å². The minimum Gasteiger partial charge on any atom is -0.318 e. The molecule has 0 bridgehead atoms. The molecule has 2 rings (SSSR count). The zero-order valence-corrected chi connectivity index (χ0v) is 10.4. The number of rotatable bonds is 4. The van der Waals surface area contributed by atoms with Crippen molar-refractivity contribution in [3.05, 3.63) is 33.9 Å². The molecule has 1 fully saturated rings. The summed E-state index contributed by atoms with van der Waals surface area (Å²) >= 11 is 0. The largest absolute Gasteiger partial charge is 0.318 e. The number of nitrogen functional groups attached to an aromatic ring is 1. The van der Waals surface area contributed by atoms with E-state index in [1.54, 1.807) is 12.1 Å². The third-order valence-corrected chi connectivity index (χ3v) is 3.33. The van der Waals surface area contributed by atoms with Gasteiger partial charge in [0.25, 0.3) is 5.69 Å². The van der Waals surface area contributed by atoms with Crippen LogP contribution >= 0.6 is 0 Å². The number of anilines is 1. The van der Waals surface area contributed by atoms with Gasteiger partial charge in [-0.05, 0) is 30.5 Å². The molecule has 1 aromatic rings. The normalized spacial score (nSPS) is 20.0. The van der Waals surface area contributed by atoms with E-state index in [2.05, 4.69) is 17.2 Å². The van der Waals surface area contributed by atoms with Gasteiger partial charge in [0.2, 0.25) is 0 Å². The van der Waals surface area contributed by atoms with Crippen LogP contribution in [0.1, 0.15) is 18.9 Å². The quantitative estimate of drug-likeness (QED) is 0.483. The van der Waals surface area contributed by atoms with Crippen LogP contribution in [0.4, 0.5) is 11.4 Å². The van der Waals surface area contributed by atoms with Gasteiger partial charge < -0.3 is 5.43 Å². The number of nitro benzene ring substituents is 1. The van der Waals surface area contributed by atoms with E-state index < -0.39 is 4.92 Å². The maximum absolute atomic E-state index is 10.8. The molecule has 1 unspecified atom stereocenters. The van der Waals surface area contributed by atoms with Crippen molar-refractivity contribution in [2.45, 2.75) is 19.9 Å². The summed E-state index contributed by atoms with van der Waals surface area (Å²) < 4.78 is 0. The first-order valence-electron chi connectivity index (χ1n) is 6.06. The molecule has 1 atom stereocenters. The second kappa shape index (κ2) is 5.32. The Kier molecular flexibility index (Phi) is 3.78. The van der Waals surface area contributed by atoms with Crippen LogP contribution in [0.25, 0.3) is 0 Å². The minimum atomic E-state index is -0.434. The van der Waals surface area contributed by atoms with Crippen LogP contribution in [0.3, 0.4) is 0 Å². The van der Waals surface area contributed by atoms with Crippen molar-refractivity contribution < 1.29 is 4.92 Å². The van der Waals surface area contributed by atoms with Crippen LogP contribution in [0.5, 0.6) is 0 Å². The van der Waals surface area contributed by atoms with Gasteiger partial charge in [-0.3, -0.25) is 20.9 Å². The van der Waals surface area contributed by atoms with Crippen LogP contribution in [0, 0.1) is 16.0 Å². The van der Waals surface area contributed by atoms with Crippen molar-refractivity contribution in [1.29, 1.82) is 0 Å². The van der Waals surface area contributed by atoms with Crippen LogP contribution in [0.2, 0.25) is 0 Å². The predicted octanol–water partition coefficient (Wildman–Crippen LogP) is 1.72. The summed E-state index contributed by atoms with van der Waals surface area (Å²) in [4.78, 5) is 12.7. The van der Waals surface area contributed by atoms with Crippen molar-refractivity contribution in [3.8, 4) is 0 Å². The zero-order valence-electron chi connectivity index (χ0n) is 10.4. The van der Waals surface area contributed by atoms with Crippen molar-refractivity contribution in [1.82, 2.24) is 4.90 Å². The van der Waals surface area contributed by atoms with Crippen LogP contribution < -0.4 is 11.3 Å². The van der Waals surface area contributed by atoms with Gasteiger partial charge in [0.1, 0.15) is 5.69 Å². The Morgan fingerprint density at radius 1 is 1.61 bits per heavy atom. The van der Waals surface area contributed by atoms with Gasteiger partial charge in [-0.15, -0.1) is 0 Å². The fraction of sp³-hybridized carbons (Fsp3) is 0.500. The first kappa shape index (κ1) is 12.8. The zero-order chi connectivity index (χ0) is 13.1. The van der Waals surface area contributed by atoms with Crippen molar-refractivity contribution in [2.24, 2.45) is 11.8 Å². The first-order valence-corrected chi connectivity index (χ1v) is 6.06. The number of nitrogens with zero attached hydrogens (tertiary/aromatic N) is 2. The Morgan fingerprint density at radius 3 is 2.94 bits per heavy atom. The summed E-state index contributed by atoms with van der Waals surface area (Å²) in [6.45, 7) is 5.23. The molecular weight excluding hydrogens is 232 g/mol. The molecule has 0 aromatic heterocycles. The number of nitrogens with two attached hydrogens (primary N) is 1. The molecule has 0 aliphatic carbocycles. The SMILES string of the molecule is CC1CCN(Cc2ccc([N+](=O)[O-])c(NN)c2)C1. The average Bonchev–Trinajstić information content (AvgIpc) is 2.74. The van der Waals surface area contributed by atoms with Gasteiger partial charge in [0, 0.05) is 19.2 Å². The molecule has 0 amide bonds. The first-order chi connectivity index (χ1) is 8.60. The van der Waals surface area contributed by atoms with E-state index in [0.717, 1.165) is 31.1 Å². The molecule has 1 heterocycles. The van der Waals surface area contributed by atoms with Crippen molar-refractivity contribution in [2.75, 3.05) is 18.5 Å². The van der Waals surface area contributed by atoms with E-state index in [1.807, 2.05) is 0 Å². The highest BCUT2D eigenvalue weighted by molar-refractivity contribution is 5.62. The summed E-state index contributed by atoms with van der Waals surface area (Å²) in [6, 6.07) is 5.05. The van der Waals surface area contributed by atoms with Crippen LogP contribution in [0.15, 0.2) is 18.2 Å². The number of likely N-dealkylation sites (tertiary alicyclic amines) is 1. The number of hydrazine groups is 1. The molecule has 3 N–H and O–H groups in total. The molecule has 0 radical (unpaired) electrons. The minimum absolute atomic E-state index is 0.0102. The molecule has 1 aromatic carbocycles. The summed E-state index contributed by atoms with van der Waals surface area (Å²) in [5.41, 5.74) is 3.81. The summed E-state index contributed by atoms with van der Waals surface area (Å²) in [6.07, 6.45) is 1.22. The lowest BCUT2D eigenvalue weighted by Crippen LogP contribution is -2.20. The Bertz CT molecular complexity index is 450. The highest BCUT2D eigenvalue weighted by Crippen LogP contribution is 2.26. The van der Waals surface area contributed by atoms with E-state index in [-0.39, 0.29) is 5.69 Å². The Labute approximate surface area is 106 Å². The topological polar surface area (TPSA) is 84.4 Å². The monoisotopic (exact) mass is 250 g/mol. The maximum atomic E-state index is 10.8. The van der Waals surface area contributed by atoms with Gasteiger partial charge in [-0.2, -0.15) is 0 Å². The van der Waals surface area contributed by atoms with Crippen molar-refractivity contribution >= 4 is 11.4 Å². The smallest absolute Gasteiger partial charge is 0.293 e. The maximum Gasteiger partial charge on any atom is 0.293 e. The highest BCUT2D eigenvalue weighted by Gasteiger charge is 2.19. The molecule has 6 nitrogen and oxygen atoms in total. The van der Waals surface area contributed by atoms with E-state index in [0.29, 0.717) is 5.69 Å². The lowest BCUT2D eigenvalue weighted by Gasteiger charge is -2.15. The second-order valence-electron chi connectivity index (χ2n) is 4.88. The average molecular weight is 250 g/mol. The predicted molar refractivity (Wildman–Crippen MR) is 70.0 cm³/mol. The fourth-order valence-electron chi connectivity index (χ4n) is 2.38. The summed E-state index contributed by atoms with van der Waals surface area (Å²) in [7, 11) is 0. The van der Waals surface area contributed by atoms with E-state index in [1.165, 1.54) is 12.5 Å². The molecule has 6 heteroatoms. The van der Waals surface area contributed by atoms with Crippen molar-refractivity contribution in [3.63, 3.8) is 0 Å². The van der Waals surface area contributed by atoms with Gasteiger partial charge >= 0.3 is 0 Å². The van der Waals surface area contributed by atoms with Gasteiger partial charge in [0.05, 0.1) is 4.92 Å². The molecule has 0 saturated carbocycles. The third kappa shape index (κ3) is 2.77.